The Morgan fingerprint density at radius 3 is 2.47 bits per heavy atom. The van der Waals surface area contributed by atoms with Crippen LogP contribution in [0.1, 0.15) is 34.3 Å². The number of nitrogens with one attached hydrogen (secondary N) is 2. The normalized spacial score (nSPS) is 14.2. The van der Waals surface area contributed by atoms with Gasteiger partial charge in [-0.1, -0.05) is 17.7 Å². The number of halogens is 4. The Balaban J connectivity index is 1.68. The van der Waals surface area contributed by atoms with Gasteiger partial charge in [0.25, 0.3) is 5.91 Å². The van der Waals surface area contributed by atoms with Crippen molar-refractivity contribution in [2.24, 2.45) is 0 Å². The van der Waals surface area contributed by atoms with Crippen LogP contribution < -0.4 is 10.0 Å². The van der Waals surface area contributed by atoms with E-state index in [1.165, 1.54) is 18.2 Å². The molecule has 0 bridgehead atoms. The molecular formula is C20H18ClF3N2O5S. The number of alkyl halides is 3. The van der Waals surface area contributed by atoms with Gasteiger partial charge < -0.3 is 10.1 Å². The Hall–Kier alpha value is -2.63. The van der Waals surface area contributed by atoms with E-state index in [9.17, 15) is 31.2 Å². The van der Waals surface area contributed by atoms with Gasteiger partial charge in [0.15, 0.2) is 6.61 Å². The van der Waals surface area contributed by atoms with Gasteiger partial charge in [-0.05, 0) is 55.7 Å². The first-order valence-corrected chi connectivity index (χ1v) is 11.2. The lowest BCUT2D eigenvalue weighted by atomic mass is 10.1. The van der Waals surface area contributed by atoms with E-state index in [1.807, 2.05) is 5.32 Å². The number of hydrogen-bond acceptors (Lipinski definition) is 5. The van der Waals surface area contributed by atoms with Gasteiger partial charge in [0.2, 0.25) is 10.0 Å². The van der Waals surface area contributed by atoms with Gasteiger partial charge in [0.05, 0.1) is 21.7 Å². The maximum absolute atomic E-state index is 13.1. The zero-order valence-corrected chi connectivity index (χ0v) is 18.2. The van der Waals surface area contributed by atoms with Crippen LogP contribution in [-0.4, -0.2) is 32.9 Å². The Morgan fingerprint density at radius 2 is 1.84 bits per heavy atom. The Labute approximate surface area is 186 Å². The SMILES string of the molecule is Cc1ccc(S(=O)(=O)NC2CC2)cc1C(=O)OCC(=O)Nc1ccc(Cl)cc1C(F)(F)F. The van der Waals surface area contributed by atoms with Crippen LogP contribution in [0.3, 0.4) is 0 Å². The van der Waals surface area contributed by atoms with Gasteiger partial charge in [0.1, 0.15) is 0 Å². The zero-order chi connectivity index (χ0) is 23.7. The van der Waals surface area contributed by atoms with Gasteiger partial charge in [0, 0.05) is 11.1 Å². The molecule has 0 aliphatic heterocycles. The van der Waals surface area contributed by atoms with Crippen molar-refractivity contribution in [3.63, 3.8) is 0 Å². The number of carbonyl (C=O) groups is 2. The largest absolute Gasteiger partial charge is 0.452 e. The summed E-state index contributed by atoms with van der Waals surface area (Å²) >= 11 is 5.59. The number of aryl methyl sites for hydroxylation is 1. The summed E-state index contributed by atoms with van der Waals surface area (Å²) < 4.78 is 71.4. The van der Waals surface area contributed by atoms with E-state index in [0.29, 0.717) is 11.6 Å². The molecule has 0 saturated heterocycles. The summed E-state index contributed by atoms with van der Waals surface area (Å²) in [6, 6.07) is 6.56. The average molecular weight is 491 g/mol. The standard InChI is InChI=1S/C20H18ClF3N2O5S/c1-11-2-6-14(32(29,30)26-13-4-5-13)9-15(11)19(28)31-10-18(27)25-17-7-3-12(21)8-16(17)20(22,23)24/h2-3,6-9,13,26H,4-5,10H2,1H3,(H,25,27). The molecule has 1 amide bonds. The minimum absolute atomic E-state index is 0.0843. The molecule has 1 aliphatic carbocycles. The van der Waals surface area contributed by atoms with Crippen molar-refractivity contribution in [3.05, 3.63) is 58.1 Å². The van der Waals surface area contributed by atoms with E-state index in [4.69, 9.17) is 16.3 Å². The van der Waals surface area contributed by atoms with Gasteiger partial charge in [-0.15, -0.1) is 0 Å². The molecule has 3 rings (SSSR count). The zero-order valence-electron chi connectivity index (χ0n) is 16.6. The van der Waals surface area contributed by atoms with E-state index in [-0.39, 0.29) is 21.5 Å². The lowest BCUT2D eigenvalue weighted by Crippen LogP contribution is -2.26. The van der Waals surface area contributed by atoms with Crippen LogP contribution in [0.25, 0.3) is 0 Å². The first kappa shape index (κ1) is 24.0. The van der Waals surface area contributed by atoms with Crippen molar-refractivity contribution >= 4 is 39.2 Å². The fourth-order valence-electron chi connectivity index (χ4n) is 2.73. The van der Waals surface area contributed by atoms with Crippen molar-refractivity contribution < 1.29 is 35.9 Å². The number of hydrogen-bond donors (Lipinski definition) is 2. The fraction of sp³-hybridized carbons (Fsp3) is 0.300. The molecular weight excluding hydrogens is 473 g/mol. The quantitative estimate of drug-likeness (QED) is 0.573. The lowest BCUT2D eigenvalue weighted by Gasteiger charge is -2.14. The minimum atomic E-state index is -4.76. The number of esters is 1. The molecule has 1 aliphatic rings. The van der Waals surface area contributed by atoms with Crippen LogP contribution >= 0.6 is 11.6 Å². The number of benzene rings is 2. The number of anilines is 1. The van der Waals surface area contributed by atoms with Crippen molar-refractivity contribution in [1.82, 2.24) is 4.72 Å². The van der Waals surface area contributed by atoms with Crippen LogP contribution in [0.4, 0.5) is 18.9 Å². The molecule has 0 heterocycles. The third-order valence-corrected chi connectivity index (χ3v) is 6.29. The van der Waals surface area contributed by atoms with Gasteiger partial charge in [-0.2, -0.15) is 13.2 Å². The van der Waals surface area contributed by atoms with Crippen LogP contribution in [0.5, 0.6) is 0 Å². The molecule has 0 radical (unpaired) electrons. The monoisotopic (exact) mass is 490 g/mol. The molecule has 0 aromatic heterocycles. The second kappa shape index (κ2) is 9.08. The highest BCUT2D eigenvalue weighted by atomic mass is 35.5. The van der Waals surface area contributed by atoms with E-state index in [0.717, 1.165) is 25.0 Å². The molecule has 12 heteroatoms. The van der Waals surface area contributed by atoms with Gasteiger partial charge in [-0.25, -0.2) is 17.9 Å². The summed E-state index contributed by atoms with van der Waals surface area (Å²) in [6.07, 6.45) is -3.29. The van der Waals surface area contributed by atoms with Crippen molar-refractivity contribution in [2.75, 3.05) is 11.9 Å². The molecule has 0 atom stereocenters. The average Bonchev–Trinajstić information content (AvgIpc) is 3.50. The Morgan fingerprint density at radius 1 is 1.16 bits per heavy atom. The summed E-state index contributed by atoms with van der Waals surface area (Å²) in [4.78, 5) is 24.3. The fourth-order valence-corrected chi connectivity index (χ4v) is 4.23. The predicted molar refractivity (Wildman–Crippen MR) is 110 cm³/mol. The molecule has 1 saturated carbocycles. The molecule has 0 unspecified atom stereocenters. The molecule has 2 N–H and O–H groups in total. The van der Waals surface area contributed by atoms with Gasteiger partial charge >= 0.3 is 12.1 Å². The summed E-state index contributed by atoms with van der Waals surface area (Å²) in [7, 11) is -3.82. The Bertz CT molecular complexity index is 1160. The highest BCUT2D eigenvalue weighted by Gasteiger charge is 2.34. The molecule has 32 heavy (non-hydrogen) atoms. The number of rotatable bonds is 7. The first-order valence-electron chi connectivity index (χ1n) is 9.33. The second-order valence-corrected chi connectivity index (χ2v) is 9.33. The Kier molecular flexibility index (Phi) is 6.82. The minimum Gasteiger partial charge on any atom is -0.452 e. The van der Waals surface area contributed by atoms with E-state index in [2.05, 4.69) is 4.72 Å². The first-order chi connectivity index (χ1) is 14.9. The van der Waals surface area contributed by atoms with Crippen LogP contribution in [-0.2, 0) is 25.7 Å². The highest BCUT2D eigenvalue weighted by molar-refractivity contribution is 7.89. The third kappa shape index (κ3) is 5.99. The predicted octanol–water partition coefficient (Wildman–Crippen LogP) is 3.90. The van der Waals surface area contributed by atoms with Crippen molar-refractivity contribution in [3.8, 4) is 0 Å². The molecule has 0 spiro atoms. The summed E-state index contributed by atoms with van der Waals surface area (Å²) in [5.74, 6) is -2.00. The molecule has 7 nitrogen and oxygen atoms in total. The molecule has 2 aromatic rings. The summed E-state index contributed by atoms with van der Waals surface area (Å²) in [6.45, 7) is 0.667. The smallest absolute Gasteiger partial charge is 0.418 e. The topological polar surface area (TPSA) is 102 Å². The lowest BCUT2D eigenvalue weighted by molar-refractivity contribution is -0.137. The summed E-state index contributed by atoms with van der Waals surface area (Å²) in [5, 5.41) is 1.87. The summed E-state index contributed by atoms with van der Waals surface area (Å²) in [5.41, 5.74) is -1.38. The number of carbonyl (C=O) groups excluding carboxylic acids is 2. The maximum atomic E-state index is 13.1. The van der Waals surface area contributed by atoms with Gasteiger partial charge in [-0.3, -0.25) is 4.79 Å². The molecule has 172 valence electrons. The molecule has 1 fully saturated rings. The number of amides is 1. The van der Waals surface area contributed by atoms with Crippen LogP contribution in [0.15, 0.2) is 41.3 Å². The third-order valence-electron chi connectivity index (χ3n) is 4.53. The van der Waals surface area contributed by atoms with E-state index < -0.39 is 45.9 Å². The van der Waals surface area contributed by atoms with Crippen molar-refractivity contribution in [1.29, 1.82) is 0 Å². The highest BCUT2D eigenvalue weighted by Crippen LogP contribution is 2.36. The number of ether oxygens (including phenoxy) is 1. The second-order valence-electron chi connectivity index (χ2n) is 7.18. The van der Waals surface area contributed by atoms with E-state index in [1.54, 1.807) is 6.92 Å². The van der Waals surface area contributed by atoms with Crippen LogP contribution in [0.2, 0.25) is 5.02 Å². The van der Waals surface area contributed by atoms with Crippen LogP contribution in [0, 0.1) is 6.92 Å². The van der Waals surface area contributed by atoms with E-state index >= 15 is 0 Å². The molecule has 2 aromatic carbocycles. The van der Waals surface area contributed by atoms with Crippen molar-refractivity contribution in [2.45, 2.75) is 36.9 Å². The maximum Gasteiger partial charge on any atom is 0.418 e. The number of sulfonamides is 1.